The molecule has 0 amide bonds. The summed E-state index contributed by atoms with van der Waals surface area (Å²) in [6.45, 7) is 1.84. The first-order chi connectivity index (χ1) is 10.8. The average molecular weight is 374 g/mol. The van der Waals surface area contributed by atoms with Crippen LogP contribution >= 0.6 is 23.2 Å². The lowest BCUT2D eigenvalue weighted by atomic mass is 10.2. The van der Waals surface area contributed by atoms with Gasteiger partial charge in [0.05, 0.1) is 22.9 Å². The van der Waals surface area contributed by atoms with E-state index in [0.717, 1.165) is 0 Å². The molecule has 2 aromatic carbocycles. The van der Waals surface area contributed by atoms with Crippen LogP contribution in [0.4, 0.5) is 5.69 Å². The fraction of sp³-hybridized carbons (Fsp3) is 0.133. The molecule has 5 nitrogen and oxygen atoms in total. The first-order valence-electron chi connectivity index (χ1n) is 6.59. The summed E-state index contributed by atoms with van der Waals surface area (Å²) in [5, 5.41) is 0.254. The van der Waals surface area contributed by atoms with E-state index in [9.17, 15) is 13.2 Å². The minimum absolute atomic E-state index is 0.0236. The Kier molecular flexibility index (Phi) is 5.51. The summed E-state index contributed by atoms with van der Waals surface area (Å²) in [6, 6.07) is 10.2. The van der Waals surface area contributed by atoms with E-state index in [2.05, 4.69) is 4.72 Å². The van der Waals surface area contributed by atoms with E-state index in [1.807, 2.05) is 0 Å². The van der Waals surface area contributed by atoms with Gasteiger partial charge in [-0.15, -0.1) is 0 Å². The van der Waals surface area contributed by atoms with Crippen molar-refractivity contribution in [1.29, 1.82) is 0 Å². The zero-order valence-electron chi connectivity index (χ0n) is 12.0. The molecule has 0 unspecified atom stereocenters. The van der Waals surface area contributed by atoms with Crippen molar-refractivity contribution in [3.05, 3.63) is 58.1 Å². The van der Waals surface area contributed by atoms with Gasteiger partial charge < -0.3 is 4.74 Å². The van der Waals surface area contributed by atoms with Gasteiger partial charge in [-0.2, -0.15) is 0 Å². The second-order valence-corrected chi connectivity index (χ2v) is 6.94. The maximum atomic E-state index is 12.5. The second kappa shape index (κ2) is 7.21. The number of benzene rings is 2. The highest BCUT2D eigenvalue weighted by Crippen LogP contribution is 2.28. The number of rotatable bonds is 5. The zero-order chi connectivity index (χ0) is 17.0. The zero-order valence-corrected chi connectivity index (χ0v) is 14.4. The highest BCUT2D eigenvalue weighted by molar-refractivity contribution is 7.92. The molecule has 0 aliphatic heterocycles. The summed E-state index contributed by atoms with van der Waals surface area (Å²) in [4.78, 5) is 11.7. The van der Waals surface area contributed by atoms with Crippen LogP contribution in [0.5, 0.6) is 0 Å². The van der Waals surface area contributed by atoms with E-state index in [1.54, 1.807) is 19.1 Å². The lowest BCUT2D eigenvalue weighted by Gasteiger charge is -2.13. The first-order valence-corrected chi connectivity index (χ1v) is 8.83. The quantitative estimate of drug-likeness (QED) is 0.804. The van der Waals surface area contributed by atoms with Gasteiger partial charge in [-0.25, -0.2) is 13.2 Å². The van der Waals surface area contributed by atoms with Crippen molar-refractivity contribution >= 4 is 44.9 Å². The van der Waals surface area contributed by atoms with Crippen molar-refractivity contribution in [2.75, 3.05) is 11.3 Å². The topological polar surface area (TPSA) is 72.5 Å². The molecule has 0 aliphatic rings. The van der Waals surface area contributed by atoms with Gasteiger partial charge in [0.15, 0.2) is 0 Å². The summed E-state index contributed by atoms with van der Waals surface area (Å²) < 4.78 is 32.3. The van der Waals surface area contributed by atoms with Crippen LogP contribution in [0.15, 0.2) is 47.4 Å². The van der Waals surface area contributed by atoms with Crippen molar-refractivity contribution in [1.82, 2.24) is 0 Å². The molecule has 23 heavy (non-hydrogen) atoms. The molecule has 0 aromatic heterocycles. The highest BCUT2D eigenvalue weighted by Gasteiger charge is 2.21. The molecule has 0 saturated carbocycles. The van der Waals surface area contributed by atoms with Crippen LogP contribution in [0.25, 0.3) is 0 Å². The number of carbonyl (C=O) groups excluding carboxylic acids is 1. The van der Waals surface area contributed by atoms with Crippen LogP contribution in [0.2, 0.25) is 10.0 Å². The van der Waals surface area contributed by atoms with Gasteiger partial charge in [-0.05, 0) is 37.3 Å². The third-order valence-electron chi connectivity index (χ3n) is 2.85. The summed E-state index contributed by atoms with van der Waals surface area (Å²) in [6.07, 6.45) is 0. The van der Waals surface area contributed by atoms with E-state index < -0.39 is 16.0 Å². The molecule has 1 N–H and O–H groups in total. The number of hydrogen-bond donors (Lipinski definition) is 1. The van der Waals surface area contributed by atoms with Crippen molar-refractivity contribution < 1.29 is 17.9 Å². The van der Waals surface area contributed by atoms with Gasteiger partial charge in [0.1, 0.15) is 4.90 Å². The second-order valence-electron chi connectivity index (χ2n) is 4.45. The number of carbonyl (C=O) groups is 1. The van der Waals surface area contributed by atoms with Crippen LogP contribution in [0.1, 0.15) is 17.3 Å². The van der Waals surface area contributed by atoms with Gasteiger partial charge in [0, 0.05) is 5.02 Å². The molecule has 0 saturated heterocycles. The minimum Gasteiger partial charge on any atom is -0.462 e. The Morgan fingerprint density at radius 1 is 1.17 bits per heavy atom. The predicted octanol–water partition coefficient (Wildman–Crippen LogP) is 3.97. The third kappa shape index (κ3) is 4.16. The number of sulfonamides is 1. The molecular formula is C15H13Cl2NO4S. The van der Waals surface area contributed by atoms with Gasteiger partial charge in [-0.3, -0.25) is 4.72 Å². The van der Waals surface area contributed by atoms with Crippen LogP contribution in [0, 0.1) is 0 Å². The Morgan fingerprint density at radius 2 is 1.87 bits per heavy atom. The molecule has 0 spiro atoms. The normalized spacial score (nSPS) is 11.1. The van der Waals surface area contributed by atoms with E-state index in [1.165, 1.54) is 30.3 Å². The van der Waals surface area contributed by atoms with Crippen molar-refractivity contribution in [3.8, 4) is 0 Å². The van der Waals surface area contributed by atoms with Crippen LogP contribution in [0.3, 0.4) is 0 Å². The van der Waals surface area contributed by atoms with Crippen molar-refractivity contribution in [3.63, 3.8) is 0 Å². The predicted molar refractivity (Wildman–Crippen MR) is 89.7 cm³/mol. The molecule has 122 valence electrons. The molecule has 0 fully saturated rings. The standard InChI is InChI=1S/C15H13Cl2NO4S/c1-2-22-15(19)11-5-3-4-6-13(11)18-23(20,21)14-9-10(16)7-8-12(14)17/h3-9,18H,2H2,1H3. The molecular weight excluding hydrogens is 361 g/mol. The number of halogens is 2. The summed E-state index contributed by atoms with van der Waals surface area (Å²) in [5.41, 5.74) is 0.207. The molecule has 8 heteroatoms. The van der Waals surface area contributed by atoms with Crippen molar-refractivity contribution in [2.45, 2.75) is 11.8 Å². The Labute approximate surface area is 144 Å². The van der Waals surface area contributed by atoms with Crippen LogP contribution < -0.4 is 4.72 Å². The molecule has 0 aliphatic carbocycles. The molecule has 0 bridgehead atoms. The molecule has 2 rings (SSSR count). The van der Waals surface area contributed by atoms with E-state index >= 15 is 0 Å². The molecule has 2 aromatic rings. The fourth-order valence-electron chi connectivity index (χ4n) is 1.84. The Balaban J connectivity index is 2.42. The summed E-state index contributed by atoms with van der Waals surface area (Å²) in [5.74, 6) is -0.622. The molecule has 0 heterocycles. The maximum absolute atomic E-state index is 12.5. The largest absolute Gasteiger partial charge is 0.462 e. The lowest BCUT2D eigenvalue weighted by molar-refractivity contribution is 0.0527. The van der Waals surface area contributed by atoms with E-state index in [0.29, 0.717) is 0 Å². The molecule has 0 radical (unpaired) electrons. The van der Waals surface area contributed by atoms with Gasteiger partial charge in [-0.1, -0.05) is 35.3 Å². The van der Waals surface area contributed by atoms with Gasteiger partial charge >= 0.3 is 5.97 Å². The Bertz CT molecular complexity index is 837. The van der Waals surface area contributed by atoms with Crippen molar-refractivity contribution in [2.24, 2.45) is 0 Å². The van der Waals surface area contributed by atoms with Crippen LogP contribution in [-0.2, 0) is 14.8 Å². The highest BCUT2D eigenvalue weighted by atomic mass is 35.5. The fourth-order valence-corrected chi connectivity index (χ4v) is 3.69. The Morgan fingerprint density at radius 3 is 2.57 bits per heavy atom. The third-order valence-corrected chi connectivity index (χ3v) is 4.93. The minimum atomic E-state index is -4.01. The number of ether oxygens (including phenoxy) is 1. The summed E-state index contributed by atoms with van der Waals surface area (Å²) in [7, 11) is -4.01. The monoisotopic (exact) mass is 373 g/mol. The molecule has 0 atom stereocenters. The summed E-state index contributed by atoms with van der Waals surface area (Å²) >= 11 is 11.8. The van der Waals surface area contributed by atoms with E-state index in [4.69, 9.17) is 27.9 Å². The number of hydrogen-bond acceptors (Lipinski definition) is 4. The van der Waals surface area contributed by atoms with E-state index in [-0.39, 0.29) is 32.8 Å². The average Bonchev–Trinajstić information content (AvgIpc) is 2.50. The number of esters is 1. The van der Waals surface area contributed by atoms with Gasteiger partial charge in [0.2, 0.25) is 0 Å². The maximum Gasteiger partial charge on any atom is 0.340 e. The number of para-hydroxylation sites is 1. The van der Waals surface area contributed by atoms with Crippen LogP contribution in [-0.4, -0.2) is 21.0 Å². The lowest BCUT2D eigenvalue weighted by Crippen LogP contribution is -2.17. The SMILES string of the molecule is CCOC(=O)c1ccccc1NS(=O)(=O)c1cc(Cl)ccc1Cl. The first kappa shape index (κ1) is 17.6. The smallest absolute Gasteiger partial charge is 0.340 e. The number of anilines is 1. The number of nitrogens with one attached hydrogen (secondary N) is 1. The Hall–Kier alpha value is -1.76. The van der Waals surface area contributed by atoms with Gasteiger partial charge in [0.25, 0.3) is 10.0 Å².